The molecular formula is C18H19F3N2O2. The van der Waals surface area contributed by atoms with Gasteiger partial charge in [-0.2, -0.15) is 13.2 Å². The first-order chi connectivity index (χ1) is 11.8. The van der Waals surface area contributed by atoms with Gasteiger partial charge in [-0.05, 0) is 29.9 Å². The Kier molecular flexibility index (Phi) is 4.53. The number of methoxy groups -OCH3 is 1. The highest BCUT2D eigenvalue weighted by molar-refractivity contribution is 5.57. The third-order valence-corrected chi connectivity index (χ3v) is 5.03. The molecule has 0 amide bonds. The molecular weight excluding hydrogens is 333 g/mol. The molecule has 134 valence electrons. The number of ether oxygens (including phenoxy) is 1. The number of fused-ring (bicyclic) bond motifs is 1. The minimum Gasteiger partial charge on any atom is -0.375 e. The van der Waals surface area contributed by atoms with Crippen LogP contribution in [0.4, 0.5) is 13.2 Å². The normalized spacial score (nSPS) is 28.6. The minimum atomic E-state index is -4.55. The van der Waals surface area contributed by atoms with Gasteiger partial charge in [-0.1, -0.05) is 25.2 Å². The standard InChI is InChI=1S/C18H19F3N2O2/c1-11-9-14(25-2)15-13(11)10-22-16(23-15)17(18(19,20)21)6-3-12(4-7-17)5-8-24/h3-4,6,8,10-11,14H,5,7,9H2,1-2H3/t11-,14-,17?/m1/s1. The van der Waals surface area contributed by atoms with Crippen molar-refractivity contribution in [1.29, 1.82) is 0 Å². The van der Waals surface area contributed by atoms with Crippen molar-refractivity contribution in [3.05, 3.63) is 47.1 Å². The number of carbonyl (C=O) groups excluding carboxylic acids is 1. The van der Waals surface area contributed by atoms with E-state index in [0.29, 0.717) is 24.0 Å². The molecule has 0 bridgehead atoms. The third kappa shape index (κ3) is 2.90. The Morgan fingerprint density at radius 3 is 2.76 bits per heavy atom. The smallest absolute Gasteiger partial charge is 0.375 e. The number of carbonyl (C=O) groups is 1. The lowest BCUT2D eigenvalue weighted by Crippen LogP contribution is -2.43. The summed E-state index contributed by atoms with van der Waals surface area (Å²) in [7, 11) is 1.53. The van der Waals surface area contributed by atoms with Crippen LogP contribution in [0.15, 0.2) is 30.0 Å². The van der Waals surface area contributed by atoms with Crippen LogP contribution in [0.5, 0.6) is 0 Å². The molecule has 2 aliphatic carbocycles. The Morgan fingerprint density at radius 1 is 1.44 bits per heavy atom. The Labute approximate surface area is 143 Å². The molecule has 1 aromatic heterocycles. The number of allylic oxidation sites excluding steroid dienone is 4. The number of hydrogen-bond acceptors (Lipinski definition) is 4. The predicted molar refractivity (Wildman–Crippen MR) is 85.1 cm³/mol. The monoisotopic (exact) mass is 352 g/mol. The number of alkyl halides is 3. The summed E-state index contributed by atoms with van der Waals surface area (Å²) in [5.41, 5.74) is -0.331. The average Bonchev–Trinajstić information content (AvgIpc) is 2.90. The fourth-order valence-electron chi connectivity index (χ4n) is 3.45. The first-order valence-corrected chi connectivity index (χ1v) is 8.11. The van der Waals surface area contributed by atoms with Gasteiger partial charge in [0.05, 0.1) is 5.69 Å². The molecule has 25 heavy (non-hydrogen) atoms. The molecule has 0 aromatic carbocycles. The largest absolute Gasteiger partial charge is 0.405 e. The molecule has 0 N–H and O–H groups in total. The van der Waals surface area contributed by atoms with Crippen LogP contribution in [0.25, 0.3) is 0 Å². The van der Waals surface area contributed by atoms with Crippen LogP contribution < -0.4 is 0 Å². The van der Waals surface area contributed by atoms with Crippen molar-refractivity contribution in [1.82, 2.24) is 9.97 Å². The lowest BCUT2D eigenvalue weighted by Gasteiger charge is -2.33. The van der Waals surface area contributed by atoms with Crippen LogP contribution in [0, 0.1) is 0 Å². The summed E-state index contributed by atoms with van der Waals surface area (Å²) >= 11 is 0. The maximum absolute atomic E-state index is 13.9. The van der Waals surface area contributed by atoms with E-state index in [1.165, 1.54) is 25.5 Å². The number of rotatable bonds is 4. The van der Waals surface area contributed by atoms with Gasteiger partial charge in [-0.15, -0.1) is 0 Å². The lowest BCUT2D eigenvalue weighted by molar-refractivity contribution is -0.177. The van der Waals surface area contributed by atoms with Crippen molar-refractivity contribution < 1.29 is 22.7 Å². The van der Waals surface area contributed by atoms with Gasteiger partial charge in [0, 0.05) is 19.7 Å². The summed E-state index contributed by atoms with van der Waals surface area (Å²) < 4.78 is 47.2. The average molecular weight is 352 g/mol. The van der Waals surface area contributed by atoms with Gasteiger partial charge in [0.25, 0.3) is 0 Å². The molecule has 0 fully saturated rings. The van der Waals surface area contributed by atoms with Crippen molar-refractivity contribution in [2.24, 2.45) is 0 Å². The first kappa shape index (κ1) is 17.8. The molecule has 1 unspecified atom stereocenters. The molecule has 3 rings (SSSR count). The zero-order valence-electron chi connectivity index (χ0n) is 14.0. The van der Waals surface area contributed by atoms with Gasteiger partial charge < -0.3 is 9.53 Å². The van der Waals surface area contributed by atoms with E-state index >= 15 is 0 Å². The second kappa shape index (κ2) is 6.37. The summed E-state index contributed by atoms with van der Waals surface area (Å²) in [6.07, 6.45) is 1.63. The van der Waals surface area contributed by atoms with Gasteiger partial charge >= 0.3 is 6.18 Å². The molecule has 0 saturated heterocycles. The summed E-state index contributed by atoms with van der Waals surface area (Å²) in [6.45, 7) is 1.98. The predicted octanol–water partition coefficient (Wildman–Crippen LogP) is 3.95. The fourth-order valence-corrected chi connectivity index (χ4v) is 3.45. The molecule has 0 radical (unpaired) electrons. The summed E-state index contributed by atoms with van der Waals surface area (Å²) in [5.74, 6) is -0.121. The van der Waals surface area contributed by atoms with Crippen LogP contribution >= 0.6 is 0 Å². The number of halogens is 3. The number of aromatic nitrogens is 2. The molecule has 3 atom stereocenters. The molecule has 1 heterocycles. The van der Waals surface area contributed by atoms with Gasteiger partial charge in [0.1, 0.15) is 23.6 Å². The van der Waals surface area contributed by atoms with Crippen LogP contribution in [-0.2, 0) is 14.9 Å². The van der Waals surface area contributed by atoms with Crippen LogP contribution in [0.3, 0.4) is 0 Å². The summed E-state index contributed by atoms with van der Waals surface area (Å²) in [6, 6.07) is 0. The van der Waals surface area contributed by atoms with Crippen molar-refractivity contribution in [3.63, 3.8) is 0 Å². The quantitative estimate of drug-likeness (QED) is 0.770. The zero-order valence-corrected chi connectivity index (χ0v) is 14.0. The maximum atomic E-state index is 13.9. The first-order valence-electron chi connectivity index (χ1n) is 8.11. The van der Waals surface area contributed by atoms with E-state index in [4.69, 9.17) is 4.74 Å². The van der Waals surface area contributed by atoms with E-state index in [-0.39, 0.29) is 30.7 Å². The summed E-state index contributed by atoms with van der Waals surface area (Å²) in [4.78, 5) is 18.9. The second-order valence-corrected chi connectivity index (χ2v) is 6.55. The van der Waals surface area contributed by atoms with E-state index in [2.05, 4.69) is 9.97 Å². The van der Waals surface area contributed by atoms with Crippen LogP contribution in [0.2, 0.25) is 0 Å². The van der Waals surface area contributed by atoms with E-state index in [0.717, 1.165) is 11.6 Å². The number of aldehydes is 1. The van der Waals surface area contributed by atoms with E-state index in [1.54, 1.807) is 0 Å². The van der Waals surface area contributed by atoms with Gasteiger partial charge in [-0.25, -0.2) is 9.97 Å². The van der Waals surface area contributed by atoms with E-state index in [9.17, 15) is 18.0 Å². The van der Waals surface area contributed by atoms with Crippen molar-refractivity contribution in [2.45, 2.75) is 49.8 Å². The Hall–Kier alpha value is -2.02. The Balaban J connectivity index is 2.06. The fraction of sp³-hybridized carbons (Fsp3) is 0.500. The Morgan fingerprint density at radius 2 is 2.20 bits per heavy atom. The zero-order chi connectivity index (χ0) is 18.2. The number of hydrogen-bond donors (Lipinski definition) is 0. The SMILES string of the molecule is CO[C@@H]1C[C@@H](C)c2cnc(C3(C(F)(F)F)C=CC(CC=O)=CC3)nc21. The van der Waals surface area contributed by atoms with E-state index < -0.39 is 11.6 Å². The highest BCUT2D eigenvalue weighted by Gasteiger charge is 2.56. The van der Waals surface area contributed by atoms with Crippen molar-refractivity contribution in [3.8, 4) is 0 Å². The molecule has 0 saturated carbocycles. The topological polar surface area (TPSA) is 52.1 Å². The summed E-state index contributed by atoms with van der Waals surface area (Å²) in [5, 5.41) is 0. The van der Waals surface area contributed by atoms with Gasteiger partial charge in [0.15, 0.2) is 0 Å². The van der Waals surface area contributed by atoms with Gasteiger partial charge in [-0.3, -0.25) is 0 Å². The third-order valence-electron chi connectivity index (χ3n) is 5.03. The maximum Gasteiger partial charge on any atom is 0.405 e. The van der Waals surface area contributed by atoms with Crippen LogP contribution in [0.1, 0.15) is 55.3 Å². The molecule has 4 nitrogen and oxygen atoms in total. The molecule has 2 aliphatic rings. The second-order valence-electron chi connectivity index (χ2n) is 6.55. The number of nitrogens with zero attached hydrogens (tertiary/aromatic N) is 2. The molecule has 0 spiro atoms. The molecule has 0 aliphatic heterocycles. The Bertz CT molecular complexity index is 742. The van der Waals surface area contributed by atoms with Gasteiger partial charge in [0.2, 0.25) is 0 Å². The van der Waals surface area contributed by atoms with Crippen molar-refractivity contribution in [2.75, 3.05) is 7.11 Å². The van der Waals surface area contributed by atoms with Crippen LogP contribution in [-0.4, -0.2) is 29.5 Å². The molecule has 7 heteroatoms. The molecule has 1 aromatic rings. The highest BCUT2D eigenvalue weighted by Crippen LogP contribution is 2.48. The minimum absolute atomic E-state index is 0.0960. The van der Waals surface area contributed by atoms with Crippen molar-refractivity contribution >= 4 is 6.29 Å². The highest BCUT2D eigenvalue weighted by atomic mass is 19.4. The van der Waals surface area contributed by atoms with E-state index in [1.807, 2.05) is 6.92 Å². The lowest BCUT2D eigenvalue weighted by atomic mass is 9.78.